The van der Waals surface area contributed by atoms with Crippen LogP contribution in [0, 0.1) is 16.2 Å². The first kappa shape index (κ1) is 35.7. The van der Waals surface area contributed by atoms with Gasteiger partial charge in [0, 0.05) is 11.8 Å². The van der Waals surface area contributed by atoms with Crippen LogP contribution in [0.5, 0.6) is 0 Å². The summed E-state index contributed by atoms with van der Waals surface area (Å²) in [7, 11) is 0. The van der Waals surface area contributed by atoms with Crippen molar-refractivity contribution in [2.45, 2.75) is 119 Å². The van der Waals surface area contributed by atoms with Crippen molar-refractivity contribution in [3.8, 4) is 0 Å². The summed E-state index contributed by atoms with van der Waals surface area (Å²) in [6.07, 6.45) is 28.1. The molecule has 2 N–H and O–H groups in total. The van der Waals surface area contributed by atoms with E-state index in [1.165, 1.54) is 5.57 Å². The normalized spacial score (nSPS) is 33.3. The van der Waals surface area contributed by atoms with E-state index in [0.29, 0.717) is 19.3 Å². The third-order valence-corrected chi connectivity index (χ3v) is 10.0. The van der Waals surface area contributed by atoms with E-state index in [1.807, 2.05) is 50.3 Å². The fraction of sp³-hybridized carbons (Fsp3) is 0.525. The van der Waals surface area contributed by atoms with Gasteiger partial charge in [-0.3, -0.25) is 4.79 Å². The summed E-state index contributed by atoms with van der Waals surface area (Å²) in [6, 6.07) is 0. The average molecular weight is 601 g/mol. The maximum Gasteiger partial charge on any atom is 0.162 e. The molecule has 2 fully saturated rings. The van der Waals surface area contributed by atoms with Crippen LogP contribution in [0.4, 0.5) is 0 Å². The first-order valence-corrected chi connectivity index (χ1v) is 16.1. The molecule has 0 radical (unpaired) electrons. The maximum absolute atomic E-state index is 12.9. The second-order valence-electron chi connectivity index (χ2n) is 15.0. The molecular formula is C40H56O4. The first-order chi connectivity index (χ1) is 20.4. The van der Waals surface area contributed by atoms with E-state index in [9.17, 15) is 15.0 Å². The Morgan fingerprint density at radius 2 is 1.23 bits per heavy atom. The van der Waals surface area contributed by atoms with Crippen molar-refractivity contribution >= 4 is 5.78 Å². The van der Waals surface area contributed by atoms with Gasteiger partial charge in [0.05, 0.1) is 23.9 Å². The van der Waals surface area contributed by atoms with Crippen molar-refractivity contribution < 1.29 is 19.7 Å². The van der Waals surface area contributed by atoms with E-state index in [1.54, 1.807) is 6.08 Å². The van der Waals surface area contributed by atoms with E-state index in [4.69, 9.17) is 4.74 Å². The predicted molar refractivity (Wildman–Crippen MR) is 184 cm³/mol. The van der Waals surface area contributed by atoms with Crippen molar-refractivity contribution in [3.05, 3.63) is 107 Å². The quantitative estimate of drug-likeness (QED) is 0.149. The molecule has 3 rings (SSSR count). The number of ketones is 1. The van der Waals surface area contributed by atoms with Crippen molar-refractivity contribution in [2.24, 2.45) is 16.2 Å². The molecule has 1 aliphatic heterocycles. The van der Waals surface area contributed by atoms with Gasteiger partial charge < -0.3 is 14.9 Å². The molecule has 1 heterocycles. The molecule has 2 aliphatic carbocycles. The summed E-state index contributed by atoms with van der Waals surface area (Å²) < 4.78 is 6.45. The molecule has 240 valence electrons. The molecule has 3 aliphatic rings. The maximum atomic E-state index is 12.9. The molecule has 0 bridgehead atoms. The van der Waals surface area contributed by atoms with Gasteiger partial charge in [0.25, 0.3) is 0 Å². The minimum absolute atomic E-state index is 0.0579. The third kappa shape index (κ3) is 8.68. The SMILES string of the molecule is CC(/C=C/C=C(C)/C=C/C(=O)[C@]1(C)C[C@@H](O)CC1(C)C)=C\C=C\C=C(C)\C=C\C=C(/C)C1C=C2C(C)(C)C[C@H](O)CC2(C)O1. The molecule has 0 aromatic rings. The number of carbonyl (C=O) groups is 1. The van der Waals surface area contributed by atoms with Gasteiger partial charge in [0.2, 0.25) is 0 Å². The van der Waals surface area contributed by atoms with E-state index >= 15 is 0 Å². The van der Waals surface area contributed by atoms with Gasteiger partial charge >= 0.3 is 0 Å². The zero-order valence-corrected chi connectivity index (χ0v) is 28.8. The fourth-order valence-electron chi connectivity index (χ4n) is 7.09. The lowest BCUT2D eigenvalue weighted by Crippen LogP contribution is -2.45. The van der Waals surface area contributed by atoms with Gasteiger partial charge in [-0.05, 0) is 88.0 Å². The summed E-state index contributed by atoms with van der Waals surface area (Å²) in [5.74, 6) is 0.0827. The largest absolute Gasteiger partial charge is 0.393 e. The van der Waals surface area contributed by atoms with Crippen LogP contribution in [0.1, 0.15) is 94.9 Å². The van der Waals surface area contributed by atoms with Gasteiger partial charge in [0.1, 0.15) is 0 Å². The molecule has 2 saturated carbocycles. The Hall–Kier alpha value is -2.79. The summed E-state index contributed by atoms with van der Waals surface area (Å²) >= 11 is 0. The number of hydrogen-bond donors (Lipinski definition) is 2. The van der Waals surface area contributed by atoms with Crippen molar-refractivity contribution in [1.82, 2.24) is 0 Å². The van der Waals surface area contributed by atoms with Gasteiger partial charge in [-0.15, -0.1) is 0 Å². The van der Waals surface area contributed by atoms with Gasteiger partial charge in [-0.1, -0.05) is 118 Å². The number of fused-ring (bicyclic) bond motifs is 1. The molecule has 0 saturated heterocycles. The summed E-state index contributed by atoms with van der Waals surface area (Å²) in [5, 5.41) is 20.5. The molecule has 4 heteroatoms. The van der Waals surface area contributed by atoms with Gasteiger partial charge in [-0.25, -0.2) is 0 Å². The highest BCUT2D eigenvalue weighted by Gasteiger charge is 2.53. The molecule has 0 aromatic carbocycles. The molecule has 0 spiro atoms. The monoisotopic (exact) mass is 600 g/mol. The van der Waals surface area contributed by atoms with E-state index in [2.05, 4.69) is 91.8 Å². The zero-order chi connectivity index (χ0) is 32.9. The van der Waals surface area contributed by atoms with Crippen LogP contribution in [0.3, 0.4) is 0 Å². The highest BCUT2D eigenvalue weighted by atomic mass is 16.5. The fourth-order valence-corrected chi connectivity index (χ4v) is 7.09. The van der Waals surface area contributed by atoms with Crippen molar-refractivity contribution in [3.63, 3.8) is 0 Å². The van der Waals surface area contributed by atoms with E-state index in [-0.39, 0.29) is 28.8 Å². The second kappa shape index (κ2) is 14.1. The second-order valence-corrected chi connectivity index (χ2v) is 15.0. The highest BCUT2D eigenvalue weighted by Crippen LogP contribution is 2.53. The van der Waals surface area contributed by atoms with Gasteiger partial charge in [0.15, 0.2) is 5.78 Å². The van der Waals surface area contributed by atoms with Crippen LogP contribution < -0.4 is 0 Å². The Labute approximate surface area is 267 Å². The Balaban J connectivity index is 1.51. The summed E-state index contributed by atoms with van der Waals surface area (Å²) in [6.45, 7) is 20.9. The minimum atomic E-state index is -0.535. The number of allylic oxidation sites excluding steroid dienone is 15. The highest BCUT2D eigenvalue weighted by molar-refractivity contribution is 5.95. The zero-order valence-electron chi connectivity index (χ0n) is 28.8. The van der Waals surface area contributed by atoms with Crippen LogP contribution in [0.2, 0.25) is 0 Å². The van der Waals surface area contributed by atoms with E-state index < -0.39 is 17.1 Å². The lowest BCUT2D eigenvalue weighted by atomic mass is 9.65. The lowest BCUT2D eigenvalue weighted by molar-refractivity contribution is -0.127. The third-order valence-electron chi connectivity index (χ3n) is 10.0. The molecule has 0 aromatic heterocycles. The summed E-state index contributed by atoms with van der Waals surface area (Å²) in [4.78, 5) is 12.9. The van der Waals surface area contributed by atoms with Crippen molar-refractivity contribution in [2.75, 3.05) is 0 Å². The van der Waals surface area contributed by atoms with Crippen molar-refractivity contribution in [1.29, 1.82) is 0 Å². The number of aliphatic hydroxyl groups is 2. The Kier molecular flexibility index (Phi) is 11.4. The number of carbonyl (C=O) groups excluding carboxylic acids is 1. The Morgan fingerprint density at radius 3 is 1.80 bits per heavy atom. The standard InChI is InChI=1S/C40H56O4/c1-28(17-13-18-30(3)21-22-36(43)39(9)26-33(42)25-38(39,7)8)15-11-12-16-29(2)19-14-20-31(4)34-23-35-37(5,6)24-32(41)27-40(35,10)44-34/h11-23,32-34,41-42H,24-27H2,1-10H3/b12-11+,17-13+,19-14+,22-21+,28-15+,29-16+,30-18+,31-20+/t32-,33-,34?,39-,40?/m0/s1. The van der Waals surface area contributed by atoms with E-state index in [0.717, 1.165) is 28.7 Å². The lowest BCUT2D eigenvalue weighted by Gasteiger charge is -2.44. The smallest absolute Gasteiger partial charge is 0.162 e. The van der Waals surface area contributed by atoms with Crippen LogP contribution in [-0.4, -0.2) is 39.9 Å². The van der Waals surface area contributed by atoms with Crippen LogP contribution in [0.15, 0.2) is 107 Å². The van der Waals surface area contributed by atoms with Gasteiger partial charge in [-0.2, -0.15) is 0 Å². The molecule has 4 nitrogen and oxygen atoms in total. The molecule has 0 amide bonds. The Morgan fingerprint density at radius 1 is 0.705 bits per heavy atom. The van der Waals surface area contributed by atoms with Crippen LogP contribution in [-0.2, 0) is 9.53 Å². The molecule has 5 atom stereocenters. The minimum Gasteiger partial charge on any atom is -0.393 e. The molecular weight excluding hydrogens is 544 g/mol. The Bertz CT molecular complexity index is 1360. The topological polar surface area (TPSA) is 66.8 Å². The summed E-state index contributed by atoms with van der Waals surface area (Å²) in [5.41, 5.74) is 4.53. The molecule has 2 unspecified atom stereocenters. The first-order valence-electron chi connectivity index (χ1n) is 16.1. The van der Waals surface area contributed by atoms with Crippen LogP contribution >= 0.6 is 0 Å². The predicted octanol–water partition coefficient (Wildman–Crippen LogP) is 9.02. The number of hydrogen-bond acceptors (Lipinski definition) is 4. The number of rotatable bonds is 10. The number of ether oxygens (including phenoxy) is 1. The average Bonchev–Trinajstić information content (AvgIpc) is 3.37. The van der Waals surface area contributed by atoms with Crippen LogP contribution in [0.25, 0.3) is 0 Å². The molecule has 44 heavy (non-hydrogen) atoms. The number of aliphatic hydroxyl groups excluding tert-OH is 2.